The molecule has 1 amide bonds. The molecule has 1 rings (SSSR count). The monoisotopic (exact) mass is 250 g/mol. The molecule has 0 aromatic carbocycles. The van der Waals surface area contributed by atoms with Crippen LogP contribution in [0.25, 0.3) is 0 Å². The Kier molecular flexibility index (Phi) is 4.65. The first-order valence-corrected chi connectivity index (χ1v) is 5.62. The quantitative estimate of drug-likeness (QED) is 0.361. The van der Waals surface area contributed by atoms with E-state index >= 15 is 0 Å². The second kappa shape index (κ2) is 6.00. The van der Waals surface area contributed by atoms with Crippen molar-refractivity contribution in [1.82, 2.24) is 9.88 Å². The lowest BCUT2D eigenvalue weighted by atomic mass is 10.1. The zero-order valence-corrected chi connectivity index (χ0v) is 10.8. The van der Waals surface area contributed by atoms with Crippen molar-refractivity contribution in [3.63, 3.8) is 0 Å². The highest BCUT2D eigenvalue weighted by molar-refractivity contribution is 5.95. The average molecular weight is 250 g/mol. The van der Waals surface area contributed by atoms with E-state index in [2.05, 4.69) is 10.1 Å². The fourth-order valence-electron chi connectivity index (χ4n) is 1.58. The van der Waals surface area contributed by atoms with Gasteiger partial charge in [0.1, 0.15) is 5.84 Å². The summed E-state index contributed by atoms with van der Waals surface area (Å²) < 4.78 is 0. The largest absolute Gasteiger partial charge is 0.409 e. The fraction of sp³-hybridized carbons (Fsp3) is 0.417. The molecule has 0 saturated heterocycles. The van der Waals surface area contributed by atoms with Gasteiger partial charge in [0, 0.05) is 31.4 Å². The van der Waals surface area contributed by atoms with Crippen molar-refractivity contribution in [1.29, 1.82) is 0 Å². The first-order valence-electron chi connectivity index (χ1n) is 5.62. The molecule has 0 aliphatic rings. The van der Waals surface area contributed by atoms with Gasteiger partial charge in [-0.25, -0.2) is 0 Å². The maximum Gasteiger partial charge on any atom is 0.255 e. The van der Waals surface area contributed by atoms with Crippen LogP contribution >= 0.6 is 0 Å². The molecule has 1 aromatic rings. The van der Waals surface area contributed by atoms with E-state index in [0.717, 1.165) is 0 Å². The first kappa shape index (κ1) is 14.0. The van der Waals surface area contributed by atoms with Gasteiger partial charge in [-0.15, -0.1) is 0 Å². The molecule has 0 aliphatic heterocycles. The number of aryl methyl sites for hydroxylation is 1. The summed E-state index contributed by atoms with van der Waals surface area (Å²) in [5.41, 5.74) is 6.68. The summed E-state index contributed by atoms with van der Waals surface area (Å²) in [6, 6.07) is 3.30. The molecule has 1 unspecified atom stereocenters. The third kappa shape index (κ3) is 3.19. The summed E-state index contributed by atoms with van der Waals surface area (Å²) in [7, 11) is 1.68. The van der Waals surface area contributed by atoms with Crippen molar-refractivity contribution in [3.8, 4) is 0 Å². The second-order valence-corrected chi connectivity index (χ2v) is 4.20. The van der Waals surface area contributed by atoms with Gasteiger partial charge in [-0.05, 0) is 26.0 Å². The number of hydrogen-bond donors (Lipinski definition) is 2. The maximum atomic E-state index is 12.2. The molecule has 6 heteroatoms. The van der Waals surface area contributed by atoms with Crippen LogP contribution < -0.4 is 5.73 Å². The zero-order chi connectivity index (χ0) is 13.7. The van der Waals surface area contributed by atoms with E-state index in [0.29, 0.717) is 17.7 Å². The van der Waals surface area contributed by atoms with E-state index in [1.165, 1.54) is 0 Å². The van der Waals surface area contributed by atoms with Crippen LogP contribution in [-0.2, 0) is 0 Å². The van der Waals surface area contributed by atoms with Crippen LogP contribution in [0.2, 0.25) is 0 Å². The summed E-state index contributed by atoms with van der Waals surface area (Å²) in [4.78, 5) is 17.9. The van der Waals surface area contributed by atoms with E-state index in [4.69, 9.17) is 10.9 Å². The van der Waals surface area contributed by atoms with Gasteiger partial charge in [0.2, 0.25) is 0 Å². The van der Waals surface area contributed by atoms with E-state index in [-0.39, 0.29) is 17.8 Å². The van der Waals surface area contributed by atoms with Crippen molar-refractivity contribution >= 4 is 11.7 Å². The Labute approximate surface area is 106 Å². The van der Waals surface area contributed by atoms with E-state index < -0.39 is 0 Å². The van der Waals surface area contributed by atoms with Crippen LogP contribution in [-0.4, -0.2) is 39.9 Å². The highest BCUT2D eigenvalue weighted by Crippen LogP contribution is 2.11. The summed E-state index contributed by atoms with van der Waals surface area (Å²) in [5.74, 6) is -0.0242. The molecule has 0 saturated carbocycles. The Bertz CT molecular complexity index is 459. The molecule has 0 fully saturated rings. The van der Waals surface area contributed by atoms with Crippen molar-refractivity contribution < 1.29 is 10.0 Å². The van der Waals surface area contributed by atoms with Crippen LogP contribution in [0.15, 0.2) is 23.5 Å². The average Bonchev–Trinajstić information content (AvgIpc) is 2.37. The summed E-state index contributed by atoms with van der Waals surface area (Å²) in [6.45, 7) is 3.62. The summed E-state index contributed by atoms with van der Waals surface area (Å²) in [5, 5.41) is 11.4. The van der Waals surface area contributed by atoms with Crippen LogP contribution in [0.5, 0.6) is 0 Å². The number of nitrogens with zero attached hydrogens (tertiary/aromatic N) is 3. The number of hydrogen-bond acceptors (Lipinski definition) is 4. The van der Waals surface area contributed by atoms with Gasteiger partial charge in [-0.2, -0.15) is 0 Å². The molecule has 98 valence electrons. The number of aromatic nitrogens is 1. The predicted octanol–water partition coefficient (Wildman–Crippen LogP) is 0.987. The molecule has 0 spiro atoms. The lowest BCUT2D eigenvalue weighted by Crippen LogP contribution is -2.38. The van der Waals surface area contributed by atoms with Crippen molar-refractivity contribution in [2.75, 3.05) is 7.05 Å². The minimum atomic E-state index is -0.159. The first-order chi connectivity index (χ1) is 8.47. The van der Waals surface area contributed by atoms with Crippen molar-refractivity contribution in [3.05, 3.63) is 29.6 Å². The predicted molar refractivity (Wildman–Crippen MR) is 68.6 cm³/mol. The molecule has 0 bridgehead atoms. The summed E-state index contributed by atoms with van der Waals surface area (Å²) in [6.07, 6.45) is 1.96. The highest BCUT2D eigenvalue weighted by Gasteiger charge is 2.20. The van der Waals surface area contributed by atoms with Gasteiger partial charge in [0.25, 0.3) is 5.91 Å². The van der Waals surface area contributed by atoms with E-state index in [1.807, 2.05) is 6.92 Å². The Morgan fingerprint density at radius 3 is 2.89 bits per heavy atom. The molecule has 6 nitrogen and oxygen atoms in total. The molecule has 18 heavy (non-hydrogen) atoms. The third-order valence-corrected chi connectivity index (χ3v) is 2.85. The lowest BCUT2D eigenvalue weighted by Gasteiger charge is -2.25. The number of oxime groups is 1. The smallest absolute Gasteiger partial charge is 0.255 e. The molecule has 1 atom stereocenters. The number of amidine groups is 1. The Morgan fingerprint density at radius 1 is 1.67 bits per heavy atom. The number of carbonyl (C=O) groups excluding carboxylic acids is 1. The number of carbonyl (C=O) groups is 1. The molecular weight excluding hydrogens is 232 g/mol. The Morgan fingerprint density at radius 2 is 2.33 bits per heavy atom. The zero-order valence-electron chi connectivity index (χ0n) is 10.8. The second-order valence-electron chi connectivity index (χ2n) is 4.20. The Hall–Kier alpha value is -2.11. The van der Waals surface area contributed by atoms with Gasteiger partial charge < -0.3 is 15.8 Å². The van der Waals surface area contributed by atoms with Crippen LogP contribution in [0.1, 0.15) is 29.4 Å². The Balaban J connectivity index is 2.81. The van der Waals surface area contributed by atoms with Crippen molar-refractivity contribution in [2.45, 2.75) is 26.3 Å². The van der Waals surface area contributed by atoms with E-state index in [9.17, 15) is 4.79 Å². The number of amides is 1. The van der Waals surface area contributed by atoms with Gasteiger partial charge in [-0.3, -0.25) is 9.78 Å². The topological polar surface area (TPSA) is 91.8 Å². The SMILES string of the molecule is Cc1ncccc1C(=O)N(C)C(C)CC(N)=NO. The van der Waals surface area contributed by atoms with Gasteiger partial charge in [0.05, 0.1) is 5.56 Å². The molecular formula is C12H18N4O2. The van der Waals surface area contributed by atoms with Gasteiger partial charge in [0.15, 0.2) is 0 Å². The van der Waals surface area contributed by atoms with Crippen LogP contribution in [0, 0.1) is 6.92 Å². The van der Waals surface area contributed by atoms with Crippen LogP contribution in [0.4, 0.5) is 0 Å². The lowest BCUT2D eigenvalue weighted by molar-refractivity contribution is 0.0746. The number of rotatable bonds is 4. The highest BCUT2D eigenvalue weighted by atomic mass is 16.4. The van der Waals surface area contributed by atoms with Crippen molar-refractivity contribution in [2.24, 2.45) is 10.9 Å². The van der Waals surface area contributed by atoms with Gasteiger partial charge >= 0.3 is 0 Å². The maximum absolute atomic E-state index is 12.2. The molecule has 0 aliphatic carbocycles. The number of nitrogens with two attached hydrogens (primary N) is 1. The minimum absolute atomic E-state index is 0.102. The van der Waals surface area contributed by atoms with Gasteiger partial charge in [-0.1, -0.05) is 5.16 Å². The molecule has 3 N–H and O–H groups in total. The third-order valence-electron chi connectivity index (χ3n) is 2.85. The minimum Gasteiger partial charge on any atom is -0.409 e. The fourth-order valence-corrected chi connectivity index (χ4v) is 1.58. The standard InChI is InChI=1S/C12H18N4O2/c1-8(7-11(13)15-18)16(3)12(17)10-5-4-6-14-9(10)2/h4-6,8,18H,7H2,1-3H3,(H2,13,15). The number of pyridine rings is 1. The summed E-state index contributed by atoms with van der Waals surface area (Å²) >= 11 is 0. The molecule has 1 aromatic heterocycles. The molecule has 0 radical (unpaired) electrons. The molecule has 1 heterocycles. The van der Waals surface area contributed by atoms with Crippen LogP contribution in [0.3, 0.4) is 0 Å². The van der Waals surface area contributed by atoms with E-state index in [1.54, 1.807) is 37.2 Å². The normalized spacial score (nSPS) is 13.2.